The SMILES string of the molecule is Cc1ccc(O)cc1C12CCN(C)[C@H](C)[C@]1(O)Cc1cc(C(=O)N3CCC[C@H]3C(N)=O)c(=O)[nH]c1C2. The van der Waals surface area contributed by atoms with Crippen LogP contribution in [0.4, 0.5) is 0 Å². The minimum atomic E-state index is -1.21. The number of nitrogens with zero attached hydrogens (tertiary/aromatic N) is 2. The Morgan fingerprint density at radius 3 is 2.67 bits per heavy atom. The molecule has 0 radical (unpaired) electrons. The van der Waals surface area contributed by atoms with Crippen LogP contribution >= 0.6 is 0 Å². The van der Waals surface area contributed by atoms with Crippen LogP contribution in [0.1, 0.15) is 58.9 Å². The molecule has 0 spiro atoms. The molecule has 5 N–H and O–H groups in total. The van der Waals surface area contributed by atoms with E-state index >= 15 is 0 Å². The molecule has 3 aliphatic rings. The number of benzene rings is 1. The zero-order valence-corrected chi connectivity index (χ0v) is 21.0. The number of likely N-dealkylation sites (tertiary alicyclic amines) is 2. The van der Waals surface area contributed by atoms with Gasteiger partial charge in [-0.1, -0.05) is 6.07 Å². The standard InChI is InChI=1S/C27H34N4O5/c1-15-6-7-18(32)12-20(15)26-8-10-30(3)16(2)27(26,36)13-17-11-19(24(34)29-21(17)14-26)25(35)31-9-4-5-22(31)23(28)33/h6-7,11-12,16,22,32,36H,4-5,8-10,13-14H2,1-3H3,(H2,28,33)(H,29,34)/t16-,22+,26?,27-/m1/s1. The molecule has 192 valence electrons. The molecule has 0 saturated carbocycles. The van der Waals surface area contributed by atoms with Gasteiger partial charge in [-0.15, -0.1) is 0 Å². The summed E-state index contributed by atoms with van der Waals surface area (Å²) in [6.07, 6.45) is 2.39. The van der Waals surface area contributed by atoms with Crippen molar-refractivity contribution in [3.8, 4) is 5.75 Å². The number of amides is 2. The third-order valence-corrected chi connectivity index (χ3v) is 9.04. The minimum Gasteiger partial charge on any atom is -0.508 e. The molecule has 2 fully saturated rings. The van der Waals surface area contributed by atoms with Crippen LogP contribution in [0.5, 0.6) is 5.75 Å². The van der Waals surface area contributed by atoms with Crippen molar-refractivity contribution in [3.63, 3.8) is 0 Å². The topological polar surface area (TPSA) is 140 Å². The summed E-state index contributed by atoms with van der Waals surface area (Å²) in [4.78, 5) is 44.8. The van der Waals surface area contributed by atoms with Crippen LogP contribution in [0, 0.1) is 6.92 Å². The number of H-pyrrole nitrogens is 1. The summed E-state index contributed by atoms with van der Waals surface area (Å²) >= 11 is 0. The molecule has 4 atom stereocenters. The Labute approximate surface area is 209 Å². The number of likely N-dealkylation sites (N-methyl/N-ethyl adjacent to an activating group) is 1. The van der Waals surface area contributed by atoms with E-state index in [0.29, 0.717) is 43.5 Å². The van der Waals surface area contributed by atoms with Gasteiger partial charge in [-0.25, -0.2) is 0 Å². The van der Waals surface area contributed by atoms with Gasteiger partial charge in [0.2, 0.25) is 5.91 Å². The van der Waals surface area contributed by atoms with Gasteiger partial charge in [0, 0.05) is 36.5 Å². The van der Waals surface area contributed by atoms with E-state index in [4.69, 9.17) is 5.73 Å². The number of aryl methyl sites for hydroxylation is 1. The summed E-state index contributed by atoms with van der Waals surface area (Å²) in [5.41, 5.74) is 6.24. The Balaban J connectivity index is 1.63. The summed E-state index contributed by atoms with van der Waals surface area (Å²) < 4.78 is 0. The lowest BCUT2D eigenvalue weighted by Crippen LogP contribution is -2.70. The first-order valence-corrected chi connectivity index (χ1v) is 12.6. The van der Waals surface area contributed by atoms with Crippen LogP contribution < -0.4 is 11.3 Å². The summed E-state index contributed by atoms with van der Waals surface area (Å²) in [6.45, 7) is 5.08. The number of primary amides is 1. The number of carbonyl (C=O) groups is 2. The maximum atomic E-state index is 13.3. The maximum absolute atomic E-state index is 13.3. The fraction of sp³-hybridized carbons (Fsp3) is 0.519. The zero-order chi connectivity index (χ0) is 26.0. The van der Waals surface area contributed by atoms with E-state index < -0.39 is 34.4 Å². The molecule has 1 aliphatic carbocycles. The number of hydrogen-bond donors (Lipinski definition) is 4. The second-order valence-corrected chi connectivity index (χ2v) is 10.8. The number of nitrogens with one attached hydrogen (secondary N) is 1. The summed E-state index contributed by atoms with van der Waals surface area (Å²) in [7, 11) is 1.98. The molecule has 2 saturated heterocycles. The minimum absolute atomic E-state index is 0.0386. The number of pyridine rings is 1. The van der Waals surface area contributed by atoms with Crippen LogP contribution in [-0.2, 0) is 23.1 Å². The van der Waals surface area contributed by atoms with Gasteiger partial charge in [-0.3, -0.25) is 14.4 Å². The van der Waals surface area contributed by atoms with Crippen LogP contribution in [0.2, 0.25) is 0 Å². The van der Waals surface area contributed by atoms with Gasteiger partial charge in [0.1, 0.15) is 17.4 Å². The van der Waals surface area contributed by atoms with Crippen LogP contribution in [0.15, 0.2) is 29.1 Å². The van der Waals surface area contributed by atoms with Crippen LogP contribution in [0.25, 0.3) is 0 Å². The average molecular weight is 495 g/mol. The fourth-order valence-corrected chi connectivity index (χ4v) is 6.83. The van der Waals surface area contributed by atoms with E-state index in [1.165, 1.54) is 4.90 Å². The number of aliphatic hydroxyl groups is 1. The molecule has 36 heavy (non-hydrogen) atoms. The number of phenols is 1. The smallest absolute Gasteiger partial charge is 0.261 e. The second kappa shape index (κ2) is 8.45. The average Bonchev–Trinajstić information content (AvgIpc) is 3.33. The fourth-order valence-electron chi connectivity index (χ4n) is 6.83. The Bertz CT molecular complexity index is 1310. The molecule has 2 amide bonds. The van der Waals surface area contributed by atoms with E-state index in [1.54, 1.807) is 18.2 Å². The summed E-state index contributed by atoms with van der Waals surface area (Å²) in [6, 6.07) is 5.88. The third-order valence-electron chi connectivity index (χ3n) is 9.04. The molecular formula is C27H34N4O5. The summed E-state index contributed by atoms with van der Waals surface area (Å²) in [5, 5.41) is 22.8. The van der Waals surface area contributed by atoms with Crippen molar-refractivity contribution < 1.29 is 19.8 Å². The van der Waals surface area contributed by atoms with Crippen molar-refractivity contribution in [2.45, 2.75) is 69.1 Å². The highest BCUT2D eigenvalue weighted by Crippen LogP contribution is 2.53. The monoisotopic (exact) mass is 494 g/mol. The Morgan fingerprint density at radius 1 is 1.19 bits per heavy atom. The van der Waals surface area contributed by atoms with Crippen molar-refractivity contribution in [3.05, 3.63) is 62.6 Å². The normalized spacial score (nSPS) is 30.1. The molecule has 0 bridgehead atoms. The molecule has 9 nitrogen and oxygen atoms in total. The van der Waals surface area contributed by atoms with Crippen molar-refractivity contribution in [2.75, 3.05) is 20.1 Å². The van der Waals surface area contributed by atoms with Crippen molar-refractivity contribution in [2.24, 2.45) is 5.73 Å². The van der Waals surface area contributed by atoms with Gasteiger partial charge >= 0.3 is 0 Å². The highest BCUT2D eigenvalue weighted by molar-refractivity contribution is 5.97. The number of piperidine rings is 1. The van der Waals surface area contributed by atoms with E-state index in [9.17, 15) is 24.6 Å². The molecular weight excluding hydrogens is 460 g/mol. The number of fused-ring (bicyclic) bond motifs is 2. The molecule has 2 aliphatic heterocycles. The Hall–Kier alpha value is -3.17. The first kappa shape index (κ1) is 24.5. The number of rotatable bonds is 3. The second-order valence-electron chi connectivity index (χ2n) is 10.8. The number of aromatic nitrogens is 1. The van der Waals surface area contributed by atoms with E-state index in [-0.39, 0.29) is 23.8 Å². The highest BCUT2D eigenvalue weighted by atomic mass is 16.3. The zero-order valence-electron chi connectivity index (χ0n) is 21.0. The summed E-state index contributed by atoms with van der Waals surface area (Å²) in [5.74, 6) is -0.953. The highest BCUT2D eigenvalue weighted by Gasteiger charge is 2.60. The number of phenolic OH excluding ortho intramolecular Hbond substituents is 1. The molecule has 1 unspecified atom stereocenters. The van der Waals surface area contributed by atoms with Crippen molar-refractivity contribution >= 4 is 11.8 Å². The van der Waals surface area contributed by atoms with Gasteiger partial charge in [0.25, 0.3) is 11.5 Å². The molecule has 5 rings (SSSR count). The Morgan fingerprint density at radius 2 is 1.94 bits per heavy atom. The molecule has 2 aromatic rings. The predicted molar refractivity (Wildman–Crippen MR) is 134 cm³/mol. The first-order valence-electron chi connectivity index (χ1n) is 12.6. The lowest BCUT2D eigenvalue weighted by atomic mass is 9.53. The number of hydrogen-bond acceptors (Lipinski definition) is 6. The predicted octanol–water partition coefficient (Wildman–Crippen LogP) is 0.971. The van der Waals surface area contributed by atoms with Crippen molar-refractivity contribution in [1.29, 1.82) is 0 Å². The van der Waals surface area contributed by atoms with Crippen molar-refractivity contribution in [1.82, 2.24) is 14.8 Å². The van der Waals surface area contributed by atoms with Crippen LogP contribution in [0.3, 0.4) is 0 Å². The van der Waals surface area contributed by atoms with Gasteiger partial charge in [0.05, 0.1) is 5.60 Å². The number of nitrogens with two attached hydrogens (primary N) is 1. The van der Waals surface area contributed by atoms with Gasteiger partial charge in [-0.2, -0.15) is 0 Å². The molecule has 3 heterocycles. The van der Waals surface area contributed by atoms with Crippen LogP contribution in [-0.4, -0.2) is 74.6 Å². The van der Waals surface area contributed by atoms with Gasteiger partial charge in [0.15, 0.2) is 0 Å². The molecule has 1 aromatic heterocycles. The van der Waals surface area contributed by atoms with E-state index in [2.05, 4.69) is 9.88 Å². The number of aromatic hydroxyl groups is 1. The third kappa shape index (κ3) is 3.48. The Kier molecular flexibility index (Phi) is 5.76. The number of carbonyl (C=O) groups excluding carboxylic acids is 2. The quantitative estimate of drug-likeness (QED) is 0.501. The van der Waals surface area contributed by atoms with E-state index in [0.717, 1.165) is 17.7 Å². The van der Waals surface area contributed by atoms with Gasteiger partial charge in [-0.05, 0) is 81.6 Å². The lowest BCUT2D eigenvalue weighted by Gasteiger charge is -2.59. The number of aromatic amines is 1. The lowest BCUT2D eigenvalue weighted by molar-refractivity contribution is -0.132. The first-order chi connectivity index (χ1) is 17.0. The largest absolute Gasteiger partial charge is 0.508 e. The maximum Gasteiger partial charge on any atom is 0.261 e. The molecule has 1 aromatic carbocycles. The van der Waals surface area contributed by atoms with E-state index in [1.807, 2.05) is 27.0 Å². The van der Waals surface area contributed by atoms with Gasteiger partial charge < -0.3 is 30.7 Å². The molecule has 9 heteroatoms.